The Balaban J connectivity index is 2.20. The van der Waals surface area contributed by atoms with Gasteiger partial charge >= 0.3 is 5.97 Å². The fourth-order valence-corrected chi connectivity index (χ4v) is 2.63. The minimum Gasteiger partial charge on any atom is -0.478 e. The zero-order chi connectivity index (χ0) is 14.7. The Labute approximate surface area is 120 Å². The van der Waals surface area contributed by atoms with Gasteiger partial charge in [-0.15, -0.1) is 11.3 Å². The SMILES string of the molecule is Cc1cc(C(=O)O)c(NC(=O)c2ccc(CN)cc2)s1. The minimum atomic E-state index is -1.05. The van der Waals surface area contributed by atoms with Crippen LogP contribution in [0.5, 0.6) is 0 Å². The Bertz CT molecular complexity index is 647. The van der Waals surface area contributed by atoms with Gasteiger partial charge in [-0.3, -0.25) is 4.79 Å². The lowest BCUT2D eigenvalue weighted by molar-refractivity contribution is 0.0698. The molecule has 1 aromatic heterocycles. The fraction of sp³-hybridized carbons (Fsp3) is 0.143. The van der Waals surface area contributed by atoms with Crippen molar-refractivity contribution in [3.63, 3.8) is 0 Å². The third-order valence-electron chi connectivity index (χ3n) is 2.76. The molecule has 0 radical (unpaired) electrons. The number of nitrogens with two attached hydrogens (primary N) is 1. The highest BCUT2D eigenvalue weighted by Crippen LogP contribution is 2.28. The van der Waals surface area contributed by atoms with Crippen LogP contribution in [0.2, 0.25) is 0 Å². The van der Waals surface area contributed by atoms with Crippen LogP contribution < -0.4 is 11.1 Å². The van der Waals surface area contributed by atoms with Crippen LogP contribution in [0.15, 0.2) is 30.3 Å². The number of anilines is 1. The molecule has 2 rings (SSSR count). The molecule has 0 saturated heterocycles. The van der Waals surface area contributed by atoms with Gasteiger partial charge in [0, 0.05) is 17.0 Å². The van der Waals surface area contributed by atoms with E-state index in [1.807, 2.05) is 0 Å². The van der Waals surface area contributed by atoms with Crippen LogP contribution in [0, 0.1) is 6.92 Å². The first-order valence-electron chi connectivity index (χ1n) is 5.95. The van der Waals surface area contributed by atoms with Gasteiger partial charge in [0.1, 0.15) is 5.00 Å². The van der Waals surface area contributed by atoms with Crippen molar-refractivity contribution in [3.05, 3.63) is 51.9 Å². The Morgan fingerprint density at radius 3 is 2.50 bits per heavy atom. The van der Waals surface area contributed by atoms with Crippen molar-refractivity contribution in [1.29, 1.82) is 0 Å². The summed E-state index contributed by atoms with van der Waals surface area (Å²) in [5.74, 6) is -1.39. The van der Waals surface area contributed by atoms with E-state index < -0.39 is 5.97 Å². The highest BCUT2D eigenvalue weighted by molar-refractivity contribution is 7.16. The molecule has 6 heteroatoms. The molecule has 0 fully saturated rings. The van der Waals surface area contributed by atoms with E-state index in [0.29, 0.717) is 17.1 Å². The van der Waals surface area contributed by atoms with Crippen molar-refractivity contribution in [2.24, 2.45) is 5.73 Å². The summed E-state index contributed by atoms with van der Waals surface area (Å²) in [5.41, 5.74) is 6.99. The summed E-state index contributed by atoms with van der Waals surface area (Å²) in [5, 5.41) is 12.1. The lowest BCUT2D eigenvalue weighted by Crippen LogP contribution is -2.13. The van der Waals surface area contributed by atoms with Gasteiger partial charge in [0.25, 0.3) is 5.91 Å². The topological polar surface area (TPSA) is 92.4 Å². The summed E-state index contributed by atoms with van der Waals surface area (Å²) < 4.78 is 0. The molecular formula is C14H14N2O3S. The summed E-state index contributed by atoms with van der Waals surface area (Å²) in [4.78, 5) is 24.0. The molecule has 20 heavy (non-hydrogen) atoms. The third kappa shape index (κ3) is 3.04. The second-order valence-corrected chi connectivity index (χ2v) is 5.52. The largest absolute Gasteiger partial charge is 0.478 e. The molecule has 1 heterocycles. The van der Waals surface area contributed by atoms with E-state index in [0.717, 1.165) is 10.4 Å². The van der Waals surface area contributed by atoms with Gasteiger partial charge in [0.2, 0.25) is 0 Å². The van der Waals surface area contributed by atoms with Crippen LogP contribution in [0.4, 0.5) is 5.00 Å². The lowest BCUT2D eigenvalue weighted by atomic mass is 10.1. The van der Waals surface area contributed by atoms with E-state index in [-0.39, 0.29) is 11.5 Å². The van der Waals surface area contributed by atoms with Crippen LogP contribution in [0.3, 0.4) is 0 Å². The number of carboxylic acids is 1. The van der Waals surface area contributed by atoms with E-state index in [9.17, 15) is 9.59 Å². The quantitative estimate of drug-likeness (QED) is 0.806. The molecule has 0 unspecified atom stereocenters. The summed E-state index contributed by atoms with van der Waals surface area (Å²) in [6.45, 7) is 2.21. The van der Waals surface area contributed by atoms with E-state index in [1.165, 1.54) is 11.3 Å². The Morgan fingerprint density at radius 2 is 1.95 bits per heavy atom. The first-order valence-corrected chi connectivity index (χ1v) is 6.77. The number of rotatable bonds is 4. The number of carbonyl (C=O) groups is 2. The second-order valence-electron chi connectivity index (χ2n) is 4.26. The van der Waals surface area contributed by atoms with Crippen molar-refractivity contribution in [2.75, 3.05) is 5.32 Å². The molecule has 0 aliphatic heterocycles. The first kappa shape index (κ1) is 14.2. The molecule has 0 saturated carbocycles. The number of aromatic carboxylic acids is 1. The maximum atomic E-state index is 12.1. The maximum Gasteiger partial charge on any atom is 0.338 e. The molecular weight excluding hydrogens is 276 g/mol. The lowest BCUT2D eigenvalue weighted by Gasteiger charge is -2.05. The standard InChI is InChI=1S/C14H14N2O3S/c1-8-6-11(14(18)19)13(20-8)16-12(17)10-4-2-9(7-15)3-5-10/h2-6H,7,15H2,1H3,(H,16,17)(H,18,19). The predicted molar refractivity (Wildman–Crippen MR) is 78.3 cm³/mol. The van der Waals surface area contributed by atoms with Crippen molar-refractivity contribution < 1.29 is 14.7 Å². The number of carbonyl (C=O) groups excluding carboxylic acids is 1. The van der Waals surface area contributed by atoms with Gasteiger partial charge in [0.15, 0.2) is 0 Å². The van der Waals surface area contributed by atoms with Crippen molar-refractivity contribution in [1.82, 2.24) is 0 Å². The monoisotopic (exact) mass is 290 g/mol. The zero-order valence-corrected chi connectivity index (χ0v) is 11.7. The Morgan fingerprint density at radius 1 is 1.30 bits per heavy atom. The van der Waals surface area contributed by atoms with Gasteiger partial charge in [0.05, 0.1) is 5.56 Å². The number of aryl methyl sites for hydroxylation is 1. The number of hydrogen-bond acceptors (Lipinski definition) is 4. The van der Waals surface area contributed by atoms with Crippen LogP contribution in [-0.4, -0.2) is 17.0 Å². The van der Waals surface area contributed by atoms with E-state index in [2.05, 4.69) is 5.32 Å². The predicted octanol–water partition coefficient (Wildman–Crippen LogP) is 2.47. The highest BCUT2D eigenvalue weighted by Gasteiger charge is 2.16. The zero-order valence-electron chi connectivity index (χ0n) is 10.8. The number of thiophene rings is 1. The Hall–Kier alpha value is -2.18. The van der Waals surface area contributed by atoms with Crippen LogP contribution in [0.1, 0.15) is 31.2 Å². The average molecular weight is 290 g/mol. The fourth-order valence-electron chi connectivity index (χ4n) is 1.73. The summed E-state index contributed by atoms with van der Waals surface area (Å²) >= 11 is 1.24. The molecule has 0 aliphatic rings. The number of amides is 1. The van der Waals surface area contributed by atoms with Crippen molar-refractivity contribution >= 4 is 28.2 Å². The molecule has 104 valence electrons. The summed E-state index contributed by atoms with van der Waals surface area (Å²) in [7, 11) is 0. The Kier molecular flexibility index (Phi) is 4.16. The molecule has 0 spiro atoms. The van der Waals surface area contributed by atoms with Crippen molar-refractivity contribution in [2.45, 2.75) is 13.5 Å². The van der Waals surface area contributed by atoms with Gasteiger partial charge in [-0.05, 0) is 30.7 Å². The van der Waals surface area contributed by atoms with Gasteiger partial charge in [-0.2, -0.15) is 0 Å². The first-order chi connectivity index (χ1) is 9.51. The number of hydrogen-bond donors (Lipinski definition) is 3. The average Bonchev–Trinajstić information content (AvgIpc) is 2.80. The van der Waals surface area contributed by atoms with Crippen LogP contribution >= 0.6 is 11.3 Å². The molecule has 1 amide bonds. The van der Waals surface area contributed by atoms with E-state index >= 15 is 0 Å². The highest BCUT2D eigenvalue weighted by atomic mass is 32.1. The van der Waals surface area contributed by atoms with Gasteiger partial charge in [-0.1, -0.05) is 12.1 Å². The summed E-state index contributed by atoms with van der Waals surface area (Å²) in [6, 6.07) is 8.41. The molecule has 4 N–H and O–H groups in total. The van der Waals surface area contributed by atoms with E-state index in [4.69, 9.17) is 10.8 Å². The normalized spacial score (nSPS) is 10.3. The molecule has 0 atom stereocenters. The smallest absolute Gasteiger partial charge is 0.338 e. The van der Waals surface area contributed by atoms with Crippen LogP contribution in [-0.2, 0) is 6.54 Å². The molecule has 0 aliphatic carbocycles. The van der Waals surface area contributed by atoms with Gasteiger partial charge < -0.3 is 16.2 Å². The van der Waals surface area contributed by atoms with Gasteiger partial charge in [-0.25, -0.2) is 4.79 Å². The van der Waals surface area contributed by atoms with Crippen LogP contribution in [0.25, 0.3) is 0 Å². The minimum absolute atomic E-state index is 0.111. The number of benzene rings is 1. The number of carboxylic acid groups (broad SMARTS) is 1. The van der Waals surface area contributed by atoms with E-state index in [1.54, 1.807) is 37.3 Å². The maximum absolute atomic E-state index is 12.1. The van der Waals surface area contributed by atoms with Crippen molar-refractivity contribution in [3.8, 4) is 0 Å². The molecule has 0 bridgehead atoms. The second kappa shape index (κ2) is 5.85. The molecule has 5 nitrogen and oxygen atoms in total. The molecule has 2 aromatic rings. The molecule has 1 aromatic carbocycles. The summed E-state index contributed by atoms with van der Waals surface area (Å²) in [6.07, 6.45) is 0. The number of nitrogens with one attached hydrogen (secondary N) is 1. The third-order valence-corrected chi connectivity index (χ3v) is 3.73.